The average Bonchev–Trinajstić information content (AvgIpc) is 3.67. The summed E-state index contributed by atoms with van der Waals surface area (Å²) in [7, 11) is 3.52. The summed E-state index contributed by atoms with van der Waals surface area (Å²) in [6, 6.07) is 9.45. The van der Waals surface area contributed by atoms with Gasteiger partial charge in [-0.05, 0) is 56.1 Å². The van der Waals surface area contributed by atoms with Crippen LogP contribution in [0.15, 0.2) is 48.1 Å². The summed E-state index contributed by atoms with van der Waals surface area (Å²) in [6.45, 7) is 13.4. The lowest BCUT2D eigenvalue weighted by atomic mass is 10.0. The molecule has 2 atom stereocenters. The number of hydrogen-bond acceptors (Lipinski definition) is 8. The number of fused-ring (bicyclic) bond motifs is 1. The van der Waals surface area contributed by atoms with E-state index in [4.69, 9.17) is 9.97 Å². The van der Waals surface area contributed by atoms with Crippen molar-refractivity contribution in [3.8, 4) is 21.8 Å². The maximum atomic E-state index is 13.5. The largest absolute Gasteiger partial charge is 0.350 e. The van der Waals surface area contributed by atoms with Crippen molar-refractivity contribution in [2.75, 3.05) is 45.2 Å². The van der Waals surface area contributed by atoms with Crippen molar-refractivity contribution in [1.82, 2.24) is 34.7 Å². The number of aromatic nitrogens is 4. The molecule has 0 bridgehead atoms. The minimum Gasteiger partial charge on any atom is -0.350 e. The van der Waals surface area contributed by atoms with Gasteiger partial charge in [0, 0.05) is 46.4 Å². The zero-order valence-corrected chi connectivity index (χ0v) is 26.5. The molecule has 0 spiro atoms. The van der Waals surface area contributed by atoms with Crippen LogP contribution in [0.3, 0.4) is 0 Å². The molecule has 0 saturated carbocycles. The highest BCUT2D eigenvalue weighted by atomic mass is 32.1. The summed E-state index contributed by atoms with van der Waals surface area (Å²) in [5.41, 5.74) is 3.31. The molecule has 0 aromatic carbocycles. The third-order valence-electron chi connectivity index (χ3n) is 7.53. The Bertz CT molecular complexity index is 1500. The van der Waals surface area contributed by atoms with Gasteiger partial charge in [-0.15, -0.1) is 11.3 Å². The maximum absolute atomic E-state index is 13.5. The first kappa shape index (κ1) is 31.1. The summed E-state index contributed by atoms with van der Waals surface area (Å²) in [4.78, 5) is 43.0. The fourth-order valence-corrected chi connectivity index (χ4v) is 5.77. The third-order valence-corrected chi connectivity index (χ3v) is 8.42. The number of nitrogens with one attached hydrogen (secondary N) is 1. The van der Waals surface area contributed by atoms with Crippen LogP contribution in [0.1, 0.15) is 52.8 Å². The highest BCUT2D eigenvalue weighted by molar-refractivity contribution is 7.13. The van der Waals surface area contributed by atoms with Crippen LogP contribution in [0.4, 0.5) is 5.82 Å². The monoisotopic (exact) mass is 592 g/mol. The average molecular weight is 593 g/mol. The Kier molecular flexibility index (Phi) is 10.3. The van der Waals surface area contributed by atoms with Gasteiger partial charge in [0.25, 0.3) is 5.91 Å². The summed E-state index contributed by atoms with van der Waals surface area (Å²) in [5.74, 6) is 0.444. The van der Waals surface area contributed by atoms with E-state index in [0.717, 1.165) is 35.6 Å². The van der Waals surface area contributed by atoms with Crippen molar-refractivity contribution in [1.29, 1.82) is 0 Å². The molecule has 1 aliphatic rings. The molecular weight excluding hydrogens is 548 g/mol. The van der Waals surface area contributed by atoms with Gasteiger partial charge in [-0.2, -0.15) is 5.10 Å². The van der Waals surface area contributed by atoms with E-state index < -0.39 is 0 Å². The minimum absolute atomic E-state index is 0. The van der Waals surface area contributed by atoms with E-state index in [1.165, 1.54) is 0 Å². The molecule has 11 heteroatoms. The molecule has 1 N–H and O–H groups in total. The van der Waals surface area contributed by atoms with Crippen LogP contribution in [0.25, 0.3) is 27.5 Å². The SMILES string of the molecule is CC.CCN(CC)[C@@H](C)CNC(=O)c1cc(-c2cnn3ccc(-c4cccs4)nc23)nc(N2CC[C@H]2C(=O)N(C)C)c1.[HH]. The minimum atomic E-state index is -0.302. The van der Waals surface area contributed by atoms with Gasteiger partial charge in [-0.1, -0.05) is 33.8 Å². The van der Waals surface area contributed by atoms with Gasteiger partial charge in [0.05, 0.1) is 28.0 Å². The maximum Gasteiger partial charge on any atom is 0.251 e. The summed E-state index contributed by atoms with van der Waals surface area (Å²) < 4.78 is 1.72. The molecule has 4 aromatic rings. The molecule has 226 valence electrons. The normalized spacial score (nSPS) is 15.1. The summed E-state index contributed by atoms with van der Waals surface area (Å²) >= 11 is 1.62. The van der Waals surface area contributed by atoms with Crippen LogP contribution in [0.2, 0.25) is 0 Å². The van der Waals surface area contributed by atoms with Crippen LogP contribution < -0.4 is 10.2 Å². The van der Waals surface area contributed by atoms with E-state index in [9.17, 15) is 9.59 Å². The van der Waals surface area contributed by atoms with E-state index >= 15 is 0 Å². The molecule has 10 nitrogen and oxygen atoms in total. The molecule has 1 saturated heterocycles. The molecule has 4 aromatic heterocycles. The zero-order valence-electron chi connectivity index (χ0n) is 25.7. The summed E-state index contributed by atoms with van der Waals surface area (Å²) in [6.07, 6.45) is 4.36. The molecular formula is C31H44N8O2S. The second kappa shape index (κ2) is 13.9. The number of nitrogens with zero attached hydrogens (tertiary/aromatic N) is 7. The van der Waals surface area contributed by atoms with Crippen molar-refractivity contribution in [3.63, 3.8) is 0 Å². The van der Waals surface area contributed by atoms with Gasteiger partial charge in [0.2, 0.25) is 5.91 Å². The summed E-state index contributed by atoms with van der Waals surface area (Å²) in [5, 5.41) is 9.63. The number of pyridine rings is 1. The van der Waals surface area contributed by atoms with Crippen molar-refractivity contribution in [3.05, 3.63) is 53.7 Å². The fourth-order valence-electron chi connectivity index (χ4n) is 5.08. The second-order valence-corrected chi connectivity index (χ2v) is 11.2. The van der Waals surface area contributed by atoms with Gasteiger partial charge in [0.15, 0.2) is 5.65 Å². The molecule has 0 unspecified atom stereocenters. The lowest BCUT2D eigenvalue weighted by molar-refractivity contribution is -0.131. The smallest absolute Gasteiger partial charge is 0.251 e. The van der Waals surface area contributed by atoms with Gasteiger partial charge in [0.1, 0.15) is 11.9 Å². The number of carbonyl (C=O) groups excluding carboxylic acids is 2. The molecule has 5 heterocycles. The van der Waals surface area contributed by atoms with E-state index in [2.05, 4.69) is 36.1 Å². The third kappa shape index (κ3) is 6.47. The predicted molar refractivity (Wildman–Crippen MR) is 172 cm³/mol. The number of likely N-dealkylation sites (N-methyl/N-ethyl adjacent to an activating group) is 2. The number of amides is 2. The number of carbonyl (C=O) groups is 2. The molecule has 1 fully saturated rings. The van der Waals surface area contributed by atoms with Gasteiger partial charge < -0.3 is 15.1 Å². The Morgan fingerprint density at radius 3 is 2.52 bits per heavy atom. The molecule has 0 aliphatic carbocycles. The molecule has 5 rings (SSSR count). The number of anilines is 1. The van der Waals surface area contributed by atoms with Gasteiger partial charge in [-0.3, -0.25) is 14.5 Å². The highest BCUT2D eigenvalue weighted by Crippen LogP contribution is 2.32. The predicted octanol–water partition coefficient (Wildman–Crippen LogP) is 4.92. The van der Waals surface area contributed by atoms with Crippen LogP contribution in [-0.4, -0.2) is 93.6 Å². The zero-order chi connectivity index (χ0) is 30.4. The Balaban J connectivity index is 0.00000165. The van der Waals surface area contributed by atoms with Crippen molar-refractivity contribution >= 4 is 34.6 Å². The van der Waals surface area contributed by atoms with Crippen molar-refractivity contribution in [2.45, 2.75) is 53.1 Å². The first-order valence-corrected chi connectivity index (χ1v) is 15.6. The van der Waals surface area contributed by atoms with Crippen LogP contribution in [0, 0.1) is 0 Å². The van der Waals surface area contributed by atoms with Crippen LogP contribution in [-0.2, 0) is 4.79 Å². The molecule has 1 aliphatic heterocycles. The van der Waals surface area contributed by atoms with Crippen molar-refractivity contribution in [2.24, 2.45) is 0 Å². The van der Waals surface area contributed by atoms with Crippen molar-refractivity contribution < 1.29 is 11.0 Å². The highest BCUT2D eigenvalue weighted by Gasteiger charge is 2.36. The van der Waals surface area contributed by atoms with Crippen LogP contribution >= 0.6 is 11.3 Å². The van der Waals surface area contributed by atoms with E-state index in [-0.39, 0.29) is 25.3 Å². The molecule has 42 heavy (non-hydrogen) atoms. The quantitative estimate of drug-likeness (QED) is 0.279. The van der Waals surface area contributed by atoms with Crippen LogP contribution in [0.5, 0.6) is 0 Å². The fraction of sp³-hybridized carbons (Fsp3) is 0.452. The molecule has 2 amide bonds. The topological polar surface area (TPSA) is 99.0 Å². The van der Waals surface area contributed by atoms with Gasteiger partial charge >= 0.3 is 0 Å². The number of thiophene rings is 1. The lowest BCUT2D eigenvalue weighted by Crippen LogP contribution is -2.56. The standard InChI is InChI=1S/C29H36N8O2S.C2H6.H2/c1-6-35(7-2)19(3)17-30-28(38)20-15-23(32-26(16-20)36-12-11-24(36)29(39)34(4)5)21-18-31-37-13-10-22(33-27(21)37)25-9-8-14-40-25;1-2;/h8-10,13-16,18-19,24H,6-7,11-12,17H2,1-5H3,(H,30,38);1-2H3;1H/t19-,24-;;/m0../s1. The number of rotatable bonds is 10. The molecule has 0 radical (unpaired) electrons. The number of hydrogen-bond donors (Lipinski definition) is 1. The Morgan fingerprint density at radius 1 is 1.14 bits per heavy atom. The Hall–Kier alpha value is -3.83. The first-order valence-electron chi connectivity index (χ1n) is 14.7. The first-order chi connectivity index (χ1) is 20.3. The lowest BCUT2D eigenvalue weighted by Gasteiger charge is -2.42. The second-order valence-electron chi connectivity index (χ2n) is 10.2. The Labute approximate surface area is 253 Å². The van der Waals surface area contributed by atoms with E-state index in [0.29, 0.717) is 35.8 Å². The van der Waals surface area contributed by atoms with Gasteiger partial charge in [-0.25, -0.2) is 14.5 Å². The van der Waals surface area contributed by atoms with E-state index in [1.807, 2.05) is 48.5 Å². The van der Waals surface area contributed by atoms with E-state index in [1.54, 1.807) is 53.2 Å². The Morgan fingerprint density at radius 2 is 1.90 bits per heavy atom.